The van der Waals surface area contributed by atoms with Gasteiger partial charge in [-0.2, -0.15) is 13.2 Å². The van der Waals surface area contributed by atoms with E-state index in [4.69, 9.17) is 11.6 Å². The maximum Gasteiger partial charge on any atom is 0.433 e. The SMILES string of the molecule is CCn1c(-c2ccc(Cl)cc2)nc2c(=O)[nH]c(SCc3ccc(C(F)(F)F)nc3)nc21. The molecule has 3 aromatic heterocycles. The Balaban J connectivity index is 1.64. The van der Waals surface area contributed by atoms with Crippen LogP contribution in [0.15, 0.2) is 52.5 Å². The van der Waals surface area contributed by atoms with E-state index in [0.717, 1.165) is 11.6 Å². The number of imidazole rings is 1. The second kappa shape index (κ2) is 8.35. The van der Waals surface area contributed by atoms with Crippen molar-refractivity contribution in [3.63, 3.8) is 0 Å². The molecule has 0 radical (unpaired) electrons. The molecule has 6 nitrogen and oxygen atoms in total. The highest BCUT2D eigenvalue weighted by Gasteiger charge is 2.32. The summed E-state index contributed by atoms with van der Waals surface area (Å²) in [5, 5.41) is 0.935. The molecular weight excluding hydrogens is 451 g/mol. The van der Waals surface area contributed by atoms with Crippen LogP contribution in [-0.2, 0) is 18.5 Å². The molecule has 3 heterocycles. The Morgan fingerprint density at radius 1 is 1.13 bits per heavy atom. The molecule has 1 N–H and O–H groups in total. The molecule has 160 valence electrons. The number of aromatic amines is 1. The van der Waals surface area contributed by atoms with Gasteiger partial charge in [-0.15, -0.1) is 0 Å². The molecule has 0 saturated carbocycles. The molecule has 11 heteroatoms. The smallest absolute Gasteiger partial charge is 0.309 e. The number of halogens is 4. The number of benzene rings is 1. The van der Waals surface area contributed by atoms with Gasteiger partial charge < -0.3 is 4.57 Å². The molecule has 0 aliphatic carbocycles. The minimum absolute atomic E-state index is 0.215. The van der Waals surface area contributed by atoms with Gasteiger partial charge in [0.2, 0.25) is 0 Å². The van der Waals surface area contributed by atoms with Crippen LogP contribution in [0.4, 0.5) is 13.2 Å². The van der Waals surface area contributed by atoms with Crippen LogP contribution in [-0.4, -0.2) is 24.5 Å². The molecule has 4 aromatic rings. The second-order valence-electron chi connectivity index (χ2n) is 6.57. The fourth-order valence-corrected chi connectivity index (χ4v) is 3.92. The van der Waals surface area contributed by atoms with Crippen LogP contribution >= 0.6 is 23.4 Å². The number of thioether (sulfide) groups is 1. The molecule has 0 spiro atoms. The predicted octanol–water partition coefficient (Wildman–Crippen LogP) is 5.17. The molecule has 0 fully saturated rings. The van der Waals surface area contributed by atoms with Crippen molar-refractivity contribution in [3.8, 4) is 11.4 Å². The van der Waals surface area contributed by atoms with E-state index >= 15 is 0 Å². The number of hydrogen-bond acceptors (Lipinski definition) is 5. The van der Waals surface area contributed by atoms with Crippen molar-refractivity contribution < 1.29 is 13.2 Å². The van der Waals surface area contributed by atoms with Gasteiger partial charge in [0.25, 0.3) is 5.56 Å². The highest BCUT2D eigenvalue weighted by molar-refractivity contribution is 7.98. The Bertz CT molecular complexity index is 1280. The van der Waals surface area contributed by atoms with Gasteiger partial charge in [0.15, 0.2) is 16.3 Å². The average Bonchev–Trinajstić information content (AvgIpc) is 3.11. The fourth-order valence-electron chi connectivity index (χ4n) is 3.01. The molecule has 0 amide bonds. The van der Waals surface area contributed by atoms with Crippen LogP contribution in [0.25, 0.3) is 22.6 Å². The number of rotatable bonds is 5. The zero-order chi connectivity index (χ0) is 22.2. The minimum Gasteiger partial charge on any atom is -0.309 e. The summed E-state index contributed by atoms with van der Waals surface area (Å²) in [6.45, 7) is 2.46. The average molecular weight is 466 g/mol. The Labute approximate surface area is 183 Å². The largest absolute Gasteiger partial charge is 0.433 e. The quantitative estimate of drug-likeness (QED) is 0.325. The lowest BCUT2D eigenvalue weighted by Crippen LogP contribution is -2.10. The van der Waals surface area contributed by atoms with Gasteiger partial charge in [-0.25, -0.2) is 9.97 Å². The number of hydrogen-bond donors (Lipinski definition) is 1. The molecule has 0 bridgehead atoms. The van der Waals surface area contributed by atoms with Gasteiger partial charge in [-0.05, 0) is 42.8 Å². The third-order valence-electron chi connectivity index (χ3n) is 4.49. The van der Waals surface area contributed by atoms with E-state index < -0.39 is 11.9 Å². The highest BCUT2D eigenvalue weighted by atomic mass is 35.5. The van der Waals surface area contributed by atoms with Crippen molar-refractivity contribution in [2.75, 3.05) is 0 Å². The summed E-state index contributed by atoms with van der Waals surface area (Å²) in [6, 6.07) is 9.41. The second-order valence-corrected chi connectivity index (χ2v) is 7.97. The summed E-state index contributed by atoms with van der Waals surface area (Å²) >= 11 is 7.15. The number of aryl methyl sites for hydroxylation is 1. The fraction of sp³-hybridized carbons (Fsp3) is 0.200. The Morgan fingerprint density at radius 3 is 2.48 bits per heavy atom. The van der Waals surface area contributed by atoms with Crippen LogP contribution < -0.4 is 5.56 Å². The van der Waals surface area contributed by atoms with Crippen LogP contribution in [0.5, 0.6) is 0 Å². The molecule has 0 saturated heterocycles. The van der Waals surface area contributed by atoms with E-state index in [2.05, 4.69) is 19.9 Å². The number of nitrogens with zero attached hydrogens (tertiary/aromatic N) is 4. The van der Waals surface area contributed by atoms with Crippen LogP contribution in [0, 0.1) is 0 Å². The van der Waals surface area contributed by atoms with Crippen molar-refractivity contribution in [1.29, 1.82) is 0 Å². The first-order chi connectivity index (χ1) is 14.8. The van der Waals surface area contributed by atoms with E-state index in [0.29, 0.717) is 39.5 Å². The maximum absolute atomic E-state index is 12.6. The van der Waals surface area contributed by atoms with Crippen LogP contribution in [0.3, 0.4) is 0 Å². The zero-order valence-electron chi connectivity index (χ0n) is 16.1. The molecular formula is C20H15ClF3N5OS. The van der Waals surface area contributed by atoms with Gasteiger partial charge in [-0.1, -0.05) is 29.4 Å². The Kier molecular flexibility index (Phi) is 5.76. The predicted molar refractivity (Wildman–Crippen MR) is 113 cm³/mol. The van der Waals surface area contributed by atoms with Crippen molar-refractivity contribution in [2.45, 2.75) is 30.6 Å². The summed E-state index contributed by atoms with van der Waals surface area (Å²) < 4.78 is 39.8. The number of aromatic nitrogens is 5. The lowest BCUT2D eigenvalue weighted by molar-refractivity contribution is -0.141. The lowest BCUT2D eigenvalue weighted by Gasteiger charge is -2.07. The molecule has 1 aromatic carbocycles. The third-order valence-corrected chi connectivity index (χ3v) is 5.69. The van der Waals surface area contributed by atoms with Gasteiger partial charge in [0, 0.05) is 29.1 Å². The number of alkyl halides is 3. The summed E-state index contributed by atoms with van der Waals surface area (Å²) in [7, 11) is 0. The molecule has 0 aliphatic heterocycles. The van der Waals surface area contributed by atoms with E-state index in [9.17, 15) is 18.0 Å². The van der Waals surface area contributed by atoms with Gasteiger partial charge in [-0.3, -0.25) is 14.8 Å². The molecule has 31 heavy (non-hydrogen) atoms. The number of H-pyrrole nitrogens is 1. The third kappa shape index (κ3) is 4.45. The lowest BCUT2D eigenvalue weighted by atomic mass is 10.2. The summed E-state index contributed by atoms with van der Waals surface area (Å²) in [6.07, 6.45) is -3.31. The Hall–Kier alpha value is -2.85. The van der Waals surface area contributed by atoms with Crippen LogP contribution in [0.1, 0.15) is 18.2 Å². The van der Waals surface area contributed by atoms with Crippen LogP contribution in [0.2, 0.25) is 5.02 Å². The summed E-state index contributed by atoms with van der Waals surface area (Å²) in [5.74, 6) is 0.894. The molecule has 4 rings (SSSR count). The number of fused-ring (bicyclic) bond motifs is 1. The maximum atomic E-state index is 12.6. The molecule has 0 aliphatic rings. The number of pyridine rings is 1. The zero-order valence-corrected chi connectivity index (χ0v) is 17.6. The summed E-state index contributed by atoms with van der Waals surface area (Å²) in [5.41, 5.74) is 0.688. The standard InChI is InChI=1S/C20H15ClF3N5OS/c1-2-29-16(12-4-6-13(21)7-5-12)26-15-17(29)27-19(28-18(15)30)31-10-11-3-8-14(25-9-11)20(22,23)24/h3-9H,2,10H2,1H3,(H,27,28,30). The van der Waals surface area contributed by atoms with Gasteiger partial charge >= 0.3 is 6.18 Å². The first kappa shape index (κ1) is 21.4. The van der Waals surface area contributed by atoms with Gasteiger partial charge in [0.1, 0.15) is 11.5 Å². The van der Waals surface area contributed by atoms with E-state index in [-0.39, 0.29) is 11.1 Å². The minimum atomic E-state index is -4.48. The first-order valence-electron chi connectivity index (χ1n) is 9.17. The van der Waals surface area contributed by atoms with E-state index in [1.807, 2.05) is 23.6 Å². The topological polar surface area (TPSA) is 76.5 Å². The summed E-state index contributed by atoms with van der Waals surface area (Å²) in [4.78, 5) is 27.7. The Morgan fingerprint density at radius 2 is 1.87 bits per heavy atom. The highest BCUT2D eigenvalue weighted by Crippen LogP contribution is 2.29. The van der Waals surface area contributed by atoms with Crippen molar-refractivity contribution in [2.24, 2.45) is 0 Å². The normalized spacial score (nSPS) is 11.9. The van der Waals surface area contributed by atoms with E-state index in [1.165, 1.54) is 24.0 Å². The monoisotopic (exact) mass is 465 g/mol. The molecule has 0 unspecified atom stereocenters. The van der Waals surface area contributed by atoms with E-state index in [1.54, 1.807) is 12.1 Å². The molecule has 0 atom stereocenters. The van der Waals surface area contributed by atoms with Crippen molar-refractivity contribution in [3.05, 3.63) is 69.2 Å². The van der Waals surface area contributed by atoms with Gasteiger partial charge in [0.05, 0.1) is 0 Å². The first-order valence-corrected chi connectivity index (χ1v) is 10.5. The number of nitrogens with one attached hydrogen (secondary N) is 1. The van der Waals surface area contributed by atoms with Crippen molar-refractivity contribution in [1.82, 2.24) is 24.5 Å². The van der Waals surface area contributed by atoms with Crippen molar-refractivity contribution >= 4 is 34.5 Å².